The molecule has 0 spiro atoms. The normalized spacial score (nSPS) is 11.9. The van der Waals surface area contributed by atoms with E-state index in [2.05, 4.69) is 39.4 Å². The Bertz CT molecular complexity index is 541. The van der Waals surface area contributed by atoms with Crippen LogP contribution in [0, 0.1) is 6.92 Å². The highest BCUT2D eigenvalue weighted by molar-refractivity contribution is 5.48. The molecule has 5 heteroatoms. The van der Waals surface area contributed by atoms with Crippen molar-refractivity contribution >= 4 is 11.6 Å². The Morgan fingerprint density at radius 3 is 2.55 bits per heavy atom. The van der Waals surface area contributed by atoms with E-state index in [1.165, 1.54) is 5.56 Å². The van der Waals surface area contributed by atoms with Gasteiger partial charge in [0.25, 0.3) is 0 Å². The van der Waals surface area contributed by atoms with Crippen LogP contribution >= 0.6 is 0 Å². The zero-order valence-corrected chi connectivity index (χ0v) is 12.2. The van der Waals surface area contributed by atoms with E-state index in [-0.39, 0.29) is 6.04 Å². The molecule has 0 bridgehead atoms. The molecule has 2 aromatic heterocycles. The van der Waals surface area contributed by atoms with Crippen molar-refractivity contribution in [3.05, 3.63) is 42.0 Å². The molecule has 106 valence electrons. The lowest BCUT2D eigenvalue weighted by atomic mass is 10.1. The molecule has 2 heterocycles. The summed E-state index contributed by atoms with van der Waals surface area (Å²) in [5.74, 6) is 2.46. The Balaban J connectivity index is 2.10. The van der Waals surface area contributed by atoms with Gasteiger partial charge < -0.3 is 10.6 Å². The first-order valence-corrected chi connectivity index (χ1v) is 6.95. The molecule has 1 atom stereocenters. The second kappa shape index (κ2) is 6.84. The minimum atomic E-state index is 0.173. The molecule has 20 heavy (non-hydrogen) atoms. The summed E-state index contributed by atoms with van der Waals surface area (Å²) in [5.41, 5.74) is 1.18. The Kier molecular flexibility index (Phi) is 4.87. The number of pyridine rings is 1. The van der Waals surface area contributed by atoms with Crippen LogP contribution in [-0.2, 0) is 0 Å². The molecule has 0 aliphatic heterocycles. The van der Waals surface area contributed by atoms with Crippen molar-refractivity contribution in [1.29, 1.82) is 0 Å². The van der Waals surface area contributed by atoms with Gasteiger partial charge in [-0.3, -0.25) is 4.98 Å². The Labute approximate surface area is 119 Å². The minimum absolute atomic E-state index is 0.173. The largest absolute Gasteiger partial charge is 0.370 e. The van der Waals surface area contributed by atoms with Crippen molar-refractivity contribution in [2.75, 3.05) is 17.2 Å². The van der Waals surface area contributed by atoms with Gasteiger partial charge in [-0.1, -0.05) is 6.92 Å². The summed E-state index contributed by atoms with van der Waals surface area (Å²) < 4.78 is 0. The number of hydrogen-bond donors (Lipinski definition) is 2. The summed E-state index contributed by atoms with van der Waals surface area (Å²) in [7, 11) is 0. The lowest BCUT2D eigenvalue weighted by Gasteiger charge is -2.16. The Morgan fingerprint density at radius 1 is 1.15 bits per heavy atom. The molecule has 0 amide bonds. The third kappa shape index (κ3) is 3.91. The second-order valence-electron chi connectivity index (χ2n) is 4.76. The molecule has 5 nitrogen and oxygen atoms in total. The highest BCUT2D eigenvalue weighted by atomic mass is 15.1. The van der Waals surface area contributed by atoms with Gasteiger partial charge in [-0.15, -0.1) is 0 Å². The number of anilines is 2. The lowest BCUT2D eigenvalue weighted by molar-refractivity contribution is 0.862. The molecule has 0 aromatic carbocycles. The van der Waals surface area contributed by atoms with E-state index in [4.69, 9.17) is 0 Å². The highest BCUT2D eigenvalue weighted by Crippen LogP contribution is 2.19. The zero-order chi connectivity index (χ0) is 14.4. The average Bonchev–Trinajstić information content (AvgIpc) is 2.45. The number of hydrogen-bond acceptors (Lipinski definition) is 5. The standard InChI is InChI=1S/C15H21N5/c1-4-7-17-14-10-15(20-12(3)19-14)18-11(2)13-5-8-16-9-6-13/h5-6,8-11H,4,7H2,1-3H3,(H2,17,18,19,20). The molecule has 0 aliphatic carbocycles. The third-order valence-electron chi connectivity index (χ3n) is 2.96. The molecule has 1 unspecified atom stereocenters. The van der Waals surface area contributed by atoms with Gasteiger partial charge in [0.05, 0.1) is 6.04 Å². The van der Waals surface area contributed by atoms with Gasteiger partial charge in [-0.2, -0.15) is 0 Å². The maximum absolute atomic E-state index is 4.43. The molecule has 2 N–H and O–H groups in total. The molecular weight excluding hydrogens is 250 g/mol. The van der Waals surface area contributed by atoms with Crippen molar-refractivity contribution in [2.45, 2.75) is 33.2 Å². The van der Waals surface area contributed by atoms with Gasteiger partial charge in [0.2, 0.25) is 0 Å². The summed E-state index contributed by atoms with van der Waals surface area (Å²) in [4.78, 5) is 12.8. The van der Waals surface area contributed by atoms with Crippen LogP contribution in [0.5, 0.6) is 0 Å². The van der Waals surface area contributed by atoms with E-state index in [0.717, 1.165) is 30.4 Å². The summed E-state index contributed by atoms with van der Waals surface area (Å²) in [6, 6.07) is 6.12. The number of rotatable bonds is 6. The average molecular weight is 271 g/mol. The van der Waals surface area contributed by atoms with Gasteiger partial charge in [0.1, 0.15) is 17.5 Å². The van der Waals surface area contributed by atoms with Gasteiger partial charge in [-0.05, 0) is 38.0 Å². The first-order valence-electron chi connectivity index (χ1n) is 6.95. The quantitative estimate of drug-likeness (QED) is 0.845. The van der Waals surface area contributed by atoms with Crippen LogP contribution in [0.4, 0.5) is 11.6 Å². The highest BCUT2D eigenvalue weighted by Gasteiger charge is 2.07. The van der Waals surface area contributed by atoms with Gasteiger partial charge in [-0.25, -0.2) is 9.97 Å². The third-order valence-corrected chi connectivity index (χ3v) is 2.96. The molecule has 0 radical (unpaired) electrons. The van der Waals surface area contributed by atoms with E-state index in [9.17, 15) is 0 Å². The summed E-state index contributed by atoms with van der Waals surface area (Å²) in [5, 5.41) is 6.68. The van der Waals surface area contributed by atoms with Crippen molar-refractivity contribution in [3.63, 3.8) is 0 Å². The first kappa shape index (κ1) is 14.2. The molecule has 2 aromatic rings. The fourth-order valence-corrected chi connectivity index (χ4v) is 1.94. The molecule has 0 aliphatic rings. The van der Waals surface area contributed by atoms with Crippen LogP contribution in [0.3, 0.4) is 0 Å². The van der Waals surface area contributed by atoms with Crippen LogP contribution < -0.4 is 10.6 Å². The Morgan fingerprint density at radius 2 is 1.85 bits per heavy atom. The van der Waals surface area contributed by atoms with Gasteiger partial charge in [0, 0.05) is 25.0 Å². The van der Waals surface area contributed by atoms with E-state index >= 15 is 0 Å². The molecule has 2 rings (SSSR count). The zero-order valence-electron chi connectivity index (χ0n) is 12.2. The topological polar surface area (TPSA) is 62.7 Å². The van der Waals surface area contributed by atoms with Crippen molar-refractivity contribution in [2.24, 2.45) is 0 Å². The number of nitrogens with one attached hydrogen (secondary N) is 2. The Hall–Kier alpha value is -2.17. The summed E-state index contributed by atoms with van der Waals surface area (Å²) in [6.45, 7) is 7.05. The summed E-state index contributed by atoms with van der Waals surface area (Å²) >= 11 is 0. The molecule has 0 saturated carbocycles. The summed E-state index contributed by atoms with van der Waals surface area (Å²) in [6.07, 6.45) is 4.67. The monoisotopic (exact) mass is 271 g/mol. The predicted octanol–water partition coefficient (Wildman–Crippen LogP) is 3.18. The first-order chi connectivity index (χ1) is 9.69. The smallest absolute Gasteiger partial charge is 0.132 e. The SMILES string of the molecule is CCCNc1cc(NC(C)c2ccncc2)nc(C)n1. The maximum atomic E-state index is 4.43. The van der Waals surface area contributed by atoms with Crippen LogP contribution in [0.2, 0.25) is 0 Å². The van der Waals surface area contributed by atoms with E-state index in [1.54, 1.807) is 12.4 Å². The van der Waals surface area contributed by atoms with Gasteiger partial charge >= 0.3 is 0 Å². The van der Waals surface area contributed by atoms with Gasteiger partial charge in [0.15, 0.2) is 0 Å². The maximum Gasteiger partial charge on any atom is 0.132 e. The van der Waals surface area contributed by atoms with E-state index < -0.39 is 0 Å². The molecule has 0 saturated heterocycles. The molecular formula is C15H21N5. The number of nitrogens with zero attached hydrogens (tertiary/aromatic N) is 3. The van der Waals surface area contributed by atoms with Crippen LogP contribution in [0.1, 0.15) is 37.7 Å². The van der Waals surface area contributed by atoms with Crippen LogP contribution in [0.15, 0.2) is 30.6 Å². The van der Waals surface area contributed by atoms with Crippen molar-refractivity contribution in [3.8, 4) is 0 Å². The molecule has 0 fully saturated rings. The van der Waals surface area contributed by atoms with Crippen LogP contribution in [0.25, 0.3) is 0 Å². The van der Waals surface area contributed by atoms with Crippen molar-refractivity contribution in [1.82, 2.24) is 15.0 Å². The fourth-order valence-electron chi connectivity index (χ4n) is 1.94. The van der Waals surface area contributed by atoms with E-state index in [1.807, 2.05) is 25.1 Å². The minimum Gasteiger partial charge on any atom is -0.370 e. The lowest BCUT2D eigenvalue weighted by Crippen LogP contribution is -2.10. The second-order valence-corrected chi connectivity index (χ2v) is 4.76. The predicted molar refractivity (Wildman–Crippen MR) is 81.8 cm³/mol. The number of aromatic nitrogens is 3. The van der Waals surface area contributed by atoms with E-state index in [0.29, 0.717) is 0 Å². The van der Waals surface area contributed by atoms with Crippen molar-refractivity contribution < 1.29 is 0 Å². The fraction of sp³-hybridized carbons (Fsp3) is 0.400. The van der Waals surface area contributed by atoms with Crippen LogP contribution in [-0.4, -0.2) is 21.5 Å². The number of aryl methyl sites for hydroxylation is 1.